The van der Waals surface area contributed by atoms with Gasteiger partial charge in [-0.15, -0.1) is 22.7 Å². The fourth-order valence-corrected chi connectivity index (χ4v) is 8.56. The number of rotatable bonds is 13. The van der Waals surface area contributed by atoms with E-state index in [0.717, 1.165) is 32.0 Å². The van der Waals surface area contributed by atoms with E-state index in [1.54, 1.807) is 49.4 Å². The van der Waals surface area contributed by atoms with Gasteiger partial charge in [-0.1, -0.05) is 84.9 Å². The Morgan fingerprint density at radius 2 is 1.19 bits per heavy atom. The van der Waals surface area contributed by atoms with Gasteiger partial charge in [-0.05, 0) is 54.1 Å². The van der Waals surface area contributed by atoms with Gasteiger partial charge < -0.3 is 9.47 Å². The number of sulfonamides is 1. The number of benzene rings is 5. The van der Waals surface area contributed by atoms with Gasteiger partial charge in [0.15, 0.2) is 5.78 Å². The van der Waals surface area contributed by atoms with Gasteiger partial charge in [0.2, 0.25) is 10.0 Å². The second-order valence-electron chi connectivity index (χ2n) is 12.3. The lowest BCUT2D eigenvalue weighted by molar-refractivity contribution is -0.186. The lowest BCUT2D eigenvalue weighted by Crippen LogP contribution is -2.59. The van der Waals surface area contributed by atoms with Crippen molar-refractivity contribution in [3.8, 4) is 11.5 Å². The maximum Gasteiger partial charge on any atom is 0.338 e. The maximum atomic E-state index is 14.6. The zero-order valence-electron chi connectivity index (χ0n) is 28.3. The van der Waals surface area contributed by atoms with Crippen LogP contribution in [0.1, 0.15) is 33.2 Å². The number of fused-ring (bicyclic) bond motifs is 2. The van der Waals surface area contributed by atoms with Crippen molar-refractivity contribution in [3.05, 3.63) is 161 Å². The Morgan fingerprint density at radius 3 is 1.77 bits per heavy atom. The molecule has 2 heterocycles. The van der Waals surface area contributed by atoms with E-state index in [4.69, 9.17) is 9.47 Å². The number of nitrogens with zero attached hydrogens (tertiary/aromatic N) is 2. The van der Waals surface area contributed by atoms with Gasteiger partial charge in [-0.2, -0.15) is 0 Å². The van der Waals surface area contributed by atoms with Crippen molar-refractivity contribution in [3.63, 3.8) is 0 Å². The van der Waals surface area contributed by atoms with Crippen molar-refractivity contribution >= 4 is 70.2 Å². The predicted octanol–water partition coefficient (Wildman–Crippen LogP) is 9.24. The Morgan fingerprint density at radius 1 is 0.673 bits per heavy atom. The van der Waals surface area contributed by atoms with E-state index >= 15 is 0 Å². The second-order valence-corrected chi connectivity index (χ2v) is 16.0. The van der Waals surface area contributed by atoms with Crippen molar-refractivity contribution in [2.75, 3.05) is 17.1 Å². The summed E-state index contributed by atoms with van der Waals surface area (Å²) in [4.78, 5) is 30.3. The van der Waals surface area contributed by atoms with Gasteiger partial charge in [0, 0.05) is 49.0 Å². The molecule has 0 unspecified atom stereocenters. The minimum atomic E-state index is -3.73. The molecule has 0 atom stereocenters. The molecule has 5 aromatic carbocycles. The van der Waals surface area contributed by atoms with E-state index in [1.165, 1.54) is 37.9 Å². The smallest absolute Gasteiger partial charge is 0.338 e. The second kappa shape index (κ2) is 14.6. The van der Waals surface area contributed by atoms with Gasteiger partial charge in [-0.3, -0.25) is 18.8 Å². The average Bonchev–Trinajstić information content (AvgIpc) is 3.76. The number of Topliss-reactive ketones (excluding diaryl/α,β-unsaturated/α-hetero) is 1. The maximum absolute atomic E-state index is 14.6. The molecule has 0 saturated heterocycles. The summed E-state index contributed by atoms with van der Waals surface area (Å²) in [6.07, 6.45) is 1.13. The summed E-state index contributed by atoms with van der Waals surface area (Å²) in [5.41, 5.74) is 1.66. The zero-order valence-corrected chi connectivity index (χ0v) is 30.8. The van der Waals surface area contributed by atoms with E-state index in [-0.39, 0.29) is 12.1 Å². The van der Waals surface area contributed by atoms with Crippen LogP contribution in [-0.2, 0) is 16.6 Å². The minimum Gasteiger partial charge on any atom is -0.434 e. The van der Waals surface area contributed by atoms with Crippen molar-refractivity contribution in [2.45, 2.75) is 19.4 Å². The molecular formula is C41H34N2O6S3. The van der Waals surface area contributed by atoms with Gasteiger partial charge >= 0.3 is 5.91 Å². The monoisotopic (exact) mass is 746 g/mol. The highest BCUT2D eigenvalue weighted by Crippen LogP contribution is 2.39. The molecule has 0 bridgehead atoms. The Labute approximate surface area is 310 Å². The Bertz CT molecular complexity index is 2400. The number of ketones is 1. The predicted molar refractivity (Wildman–Crippen MR) is 209 cm³/mol. The first-order chi connectivity index (χ1) is 25.1. The Kier molecular flexibility index (Phi) is 9.83. The van der Waals surface area contributed by atoms with Crippen LogP contribution in [0.2, 0.25) is 0 Å². The summed E-state index contributed by atoms with van der Waals surface area (Å²) in [7, 11) is -3.73. The van der Waals surface area contributed by atoms with Crippen LogP contribution in [0.3, 0.4) is 0 Å². The minimum absolute atomic E-state index is 0.0822. The summed E-state index contributed by atoms with van der Waals surface area (Å²) >= 11 is 2.99. The molecule has 0 saturated carbocycles. The molecule has 0 radical (unpaired) electrons. The van der Waals surface area contributed by atoms with Crippen LogP contribution >= 0.6 is 22.7 Å². The third-order valence-corrected chi connectivity index (χ3v) is 11.6. The molecule has 7 rings (SSSR count). The van der Waals surface area contributed by atoms with Crippen molar-refractivity contribution in [1.29, 1.82) is 0 Å². The highest BCUT2D eigenvalue weighted by molar-refractivity contribution is 7.92. The van der Waals surface area contributed by atoms with Crippen LogP contribution in [0.25, 0.3) is 20.2 Å². The van der Waals surface area contributed by atoms with Gasteiger partial charge in [-0.25, -0.2) is 8.42 Å². The van der Waals surface area contributed by atoms with Crippen molar-refractivity contribution in [2.24, 2.45) is 0 Å². The lowest BCUT2D eigenvalue weighted by atomic mass is 10.1. The van der Waals surface area contributed by atoms with Gasteiger partial charge in [0.05, 0.1) is 25.0 Å². The molecule has 7 aromatic rings. The van der Waals surface area contributed by atoms with Crippen LogP contribution in [0.5, 0.6) is 11.5 Å². The molecule has 262 valence electrons. The third-order valence-electron chi connectivity index (χ3n) is 8.57. The fourth-order valence-electron chi connectivity index (χ4n) is 5.96. The van der Waals surface area contributed by atoms with Crippen LogP contribution < -0.4 is 13.8 Å². The molecule has 0 fully saturated rings. The Balaban J connectivity index is 1.30. The number of anilines is 1. The van der Waals surface area contributed by atoms with Crippen molar-refractivity contribution < 1.29 is 27.5 Å². The number of amides is 1. The van der Waals surface area contributed by atoms with E-state index < -0.39 is 34.2 Å². The molecule has 0 spiro atoms. The van der Waals surface area contributed by atoms with Crippen LogP contribution in [-0.4, -0.2) is 43.7 Å². The molecule has 0 aliphatic heterocycles. The summed E-state index contributed by atoms with van der Waals surface area (Å²) in [6.45, 7) is 1.27. The van der Waals surface area contributed by atoms with E-state index in [0.29, 0.717) is 22.7 Å². The zero-order chi connectivity index (χ0) is 36.3. The summed E-state index contributed by atoms with van der Waals surface area (Å²) in [5, 5.41) is 5.40. The number of hydrogen-bond acceptors (Lipinski definition) is 8. The molecule has 0 N–H and O–H groups in total. The molecule has 0 aliphatic rings. The van der Waals surface area contributed by atoms with E-state index in [9.17, 15) is 18.0 Å². The fraction of sp³-hybridized carbons (Fsp3) is 0.122. The van der Waals surface area contributed by atoms with Crippen LogP contribution in [0.15, 0.2) is 144 Å². The molecule has 1 amide bonds. The topological polar surface area (TPSA) is 93.2 Å². The number of carbonyl (C=O) groups is 2. The largest absolute Gasteiger partial charge is 0.434 e. The number of ether oxygens (including phenoxy) is 2. The lowest BCUT2D eigenvalue weighted by Gasteiger charge is -2.40. The van der Waals surface area contributed by atoms with E-state index in [1.807, 2.05) is 95.7 Å². The molecule has 11 heteroatoms. The third kappa shape index (κ3) is 7.43. The first-order valence-electron chi connectivity index (χ1n) is 16.4. The van der Waals surface area contributed by atoms with Gasteiger partial charge in [0.25, 0.3) is 5.91 Å². The molecular weight excluding hydrogens is 713 g/mol. The highest BCUT2D eigenvalue weighted by Gasteiger charge is 2.43. The van der Waals surface area contributed by atoms with Crippen molar-refractivity contribution in [1.82, 2.24) is 4.90 Å². The van der Waals surface area contributed by atoms with Crippen LogP contribution in [0, 0.1) is 0 Å². The molecule has 52 heavy (non-hydrogen) atoms. The summed E-state index contributed by atoms with van der Waals surface area (Å²) in [5.74, 6) is -1.78. The summed E-state index contributed by atoms with van der Waals surface area (Å²) in [6, 6.07) is 39.9. The number of thiophene rings is 2. The average molecular weight is 747 g/mol. The standard InChI is InChI=1S/C41H34N2O6S3/c1-41(48-36-27-50-38-22-11-9-20-33(36)38,49-37-28-51-39-23-12-10-21-34(37)39)42(40(45)30-16-7-4-8-17-30)26-35(44)31-18-13-19-32(24-31)43(52(2,46)47)25-29-14-5-3-6-15-29/h3-24,27-28H,25-26H2,1-2H3. The highest BCUT2D eigenvalue weighted by atomic mass is 32.2. The molecule has 0 aliphatic carbocycles. The SMILES string of the molecule is CC(Oc1csc2ccccc12)(Oc1csc2ccccc12)N(CC(=O)c1cccc(N(Cc2ccccc2)S(C)(=O)=O)c1)C(=O)c1ccccc1. The first-order valence-corrected chi connectivity index (χ1v) is 20.0. The van der Waals surface area contributed by atoms with Crippen LogP contribution in [0.4, 0.5) is 5.69 Å². The number of hydrogen-bond donors (Lipinski definition) is 0. The quantitative estimate of drug-likeness (QED) is 0.0863. The summed E-state index contributed by atoms with van der Waals surface area (Å²) < 4.78 is 42.8. The first kappa shape index (κ1) is 34.9. The number of carbonyl (C=O) groups excluding carboxylic acids is 2. The normalized spacial score (nSPS) is 11.7. The van der Waals surface area contributed by atoms with E-state index in [2.05, 4.69) is 0 Å². The molecule has 2 aromatic heterocycles. The Hall–Kier alpha value is -5.49. The van der Waals surface area contributed by atoms with Gasteiger partial charge in [0.1, 0.15) is 11.5 Å². The molecule has 8 nitrogen and oxygen atoms in total.